The normalized spacial score (nSPS) is 14.0. The molecule has 1 heterocycles. The smallest absolute Gasteiger partial charge is 0.262 e. The number of ether oxygens (including phenoxy) is 2. The van der Waals surface area contributed by atoms with Crippen LogP contribution in [0.1, 0.15) is 24.8 Å². The van der Waals surface area contributed by atoms with Gasteiger partial charge in [-0.25, -0.2) is 0 Å². The summed E-state index contributed by atoms with van der Waals surface area (Å²) in [6.45, 7) is 2.59. The van der Waals surface area contributed by atoms with E-state index in [9.17, 15) is 9.59 Å². The molecule has 0 spiro atoms. The van der Waals surface area contributed by atoms with Gasteiger partial charge in [-0.2, -0.15) is 0 Å². The van der Waals surface area contributed by atoms with Gasteiger partial charge in [0, 0.05) is 24.3 Å². The number of hydrogen-bond acceptors (Lipinski definition) is 4. The zero-order valence-corrected chi connectivity index (χ0v) is 15.7. The number of amides is 2. The predicted octanol–water partition coefficient (Wildman–Crippen LogP) is 3.54. The lowest BCUT2D eigenvalue weighted by Gasteiger charge is -2.28. The van der Waals surface area contributed by atoms with Crippen molar-refractivity contribution in [1.29, 1.82) is 0 Å². The summed E-state index contributed by atoms with van der Waals surface area (Å²) in [5, 5.41) is 2.83. The number of carbonyl (C=O) groups excluding carboxylic acids is 2. The molecule has 1 saturated heterocycles. The summed E-state index contributed by atoms with van der Waals surface area (Å²) in [7, 11) is 1.59. The van der Waals surface area contributed by atoms with Crippen LogP contribution in [-0.4, -0.2) is 32.1 Å². The zero-order valence-electron chi connectivity index (χ0n) is 15.7. The van der Waals surface area contributed by atoms with Crippen molar-refractivity contribution in [3.05, 3.63) is 48.0 Å². The molecule has 2 aromatic carbocycles. The first-order valence-corrected chi connectivity index (χ1v) is 9.04. The molecule has 2 amide bonds. The highest BCUT2D eigenvalue weighted by molar-refractivity contribution is 5.97. The maximum atomic E-state index is 12.2. The molecule has 142 valence electrons. The van der Waals surface area contributed by atoms with Crippen molar-refractivity contribution in [1.82, 2.24) is 0 Å². The largest absolute Gasteiger partial charge is 0.497 e. The van der Waals surface area contributed by atoms with Crippen LogP contribution < -0.4 is 19.7 Å². The van der Waals surface area contributed by atoms with Gasteiger partial charge in [0.15, 0.2) is 6.61 Å². The molecule has 0 radical (unpaired) electrons. The molecule has 1 fully saturated rings. The molecule has 0 atom stereocenters. The number of benzene rings is 2. The molecule has 6 heteroatoms. The van der Waals surface area contributed by atoms with Gasteiger partial charge in [0.1, 0.15) is 11.5 Å². The quantitative estimate of drug-likeness (QED) is 0.847. The van der Waals surface area contributed by atoms with Crippen LogP contribution in [0.5, 0.6) is 11.5 Å². The van der Waals surface area contributed by atoms with E-state index in [1.807, 2.05) is 30.0 Å². The summed E-state index contributed by atoms with van der Waals surface area (Å²) in [5.74, 6) is 1.20. The molecule has 1 aliphatic heterocycles. The Morgan fingerprint density at radius 2 is 1.85 bits per heavy atom. The van der Waals surface area contributed by atoms with E-state index in [0.29, 0.717) is 17.9 Å². The fourth-order valence-corrected chi connectivity index (χ4v) is 3.06. The van der Waals surface area contributed by atoms with Crippen molar-refractivity contribution in [2.75, 3.05) is 30.5 Å². The standard InChI is InChI=1S/C21H24N2O4/c1-15-6-7-16(13-19(15)23-12-4-3-5-21(23)25)22-20(24)14-27-18-10-8-17(26-2)9-11-18/h6-11,13H,3-5,12,14H2,1-2H3,(H,22,24). The Morgan fingerprint density at radius 1 is 1.11 bits per heavy atom. The van der Waals surface area contributed by atoms with Gasteiger partial charge in [0.05, 0.1) is 7.11 Å². The highest BCUT2D eigenvalue weighted by Crippen LogP contribution is 2.27. The second kappa shape index (κ2) is 8.58. The van der Waals surface area contributed by atoms with Crippen LogP contribution in [0.4, 0.5) is 11.4 Å². The molecule has 0 aliphatic carbocycles. The van der Waals surface area contributed by atoms with Gasteiger partial charge in [-0.15, -0.1) is 0 Å². The number of hydrogen-bond donors (Lipinski definition) is 1. The second-order valence-corrected chi connectivity index (χ2v) is 6.52. The van der Waals surface area contributed by atoms with Gasteiger partial charge in [-0.05, 0) is 61.7 Å². The number of anilines is 2. The third kappa shape index (κ3) is 4.78. The Balaban J connectivity index is 1.61. The van der Waals surface area contributed by atoms with E-state index in [0.717, 1.165) is 36.4 Å². The first-order valence-electron chi connectivity index (χ1n) is 9.04. The average Bonchev–Trinajstić information content (AvgIpc) is 2.69. The van der Waals surface area contributed by atoms with Crippen LogP contribution in [0.3, 0.4) is 0 Å². The monoisotopic (exact) mass is 368 g/mol. The average molecular weight is 368 g/mol. The van der Waals surface area contributed by atoms with Crippen LogP contribution >= 0.6 is 0 Å². The summed E-state index contributed by atoms with van der Waals surface area (Å²) in [4.78, 5) is 26.2. The van der Waals surface area contributed by atoms with E-state index < -0.39 is 0 Å². The van der Waals surface area contributed by atoms with Gasteiger partial charge in [0.2, 0.25) is 5.91 Å². The summed E-state index contributed by atoms with van der Waals surface area (Å²) in [6, 6.07) is 12.6. The van der Waals surface area contributed by atoms with Crippen LogP contribution in [0, 0.1) is 6.92 Å². The highest BCUT2D eigenvalue weighted by atomic mass is 16.5. The molecule has 1 aliphatic rings. The molecular formula is C21H24N2O4. The number of piperidine rings is 1. The highest BCUT2D eigenvalue weighted by Gasteiger charge is 2.21. The maximum Gasteiger partial charge on any atom is 0.262 e. The lowest BCUT2D eigenvalue weighted by molar-refractivity contribution is -0.119. The van der Waals surface area contributed by atoms with Crippen molar-refractivity contribution in [2.45, 2.75) is 26.2 Å². The van der Waals surface area contributed by atoms with E-state index in [4.69, 9.17) is 9.47 Å². The van der Waals surface area contributed by atoms with Gasteiger partial charge in [-0.1, -0.05) is 6.07 Å². The molecule has 6 nitrogen and oxygen atoms in total. The van der Waals surface area contributed by atoms with E-state index in [1.165, 1.54) is 0 Å². The van der Waals surface area contributed by atoms with Gasteiger partial charge in [0.25, 0.3) is 5.91 Å². The summed E-state index contributed by atoms with van der Waals surface area (Å²) < 4.78 is 10.6. The molecular weight excluding hydrogens is 344 g/mol. The Bertz CT molecular complexity index is 817. The molecule has 27 heavy (non-hydrogen) atoms. The summed E-state index contributed by atoms with van der Waals surface area (Å²) in [5.41, 5.74) is 2.52. The fourth-order valence-electron chi connectivity index (χ4n) is 3.06. The van der Waals surface area contributed by atoms with E-state index in [2.05, 4.69) is 5.32 Å². The minimum absolute atomic E-state index is 0.0990. The molecule has 1 N–H and O–H groups in total. The minimum Gasteiger partial charge on any atom is -0.497 e. The van der Waals surface area contributed by atoms with Gasteiger partial charge >= 0.3 is 0 Å². The Labute approximate surface area is 159 Å². The van der Waals surface area contributed by atoms with Gasteiger partial charge < -0.3 is 19.7 Å². The number of rotatable bonds is 6. The Kier molecular flexibility index (Phi) is 5.96. The predicted molar refractivity (Wildman–Crippen MR) is 105 cm³/mol. The Morgan fingerprint density at radius 3 is 2.56 bits per heavy atom. The number of carbonyl (C=O) groups is 2. The molecule has 0 aromatic heterocycles. The summed E-state index contributed by atoms with van der Waals surface area (Å²) in [6.07, 6.45) is 2.51. The molecule has 0 saturated carbocycles. The van der Waals surface area contributed by atoms with Crippen molar-refractivity contribution in [2.24, 2.45) is 0 Å². The Hall–Kier alpha value is -3.02. The van der Waals surface area contributed by atoms with Crippen molar-refractivity contribution >= 4 is 23.2 Å². The molecule has 3 rings (SSSR count). The third-order valence-electron chi connectivity index (χ3n) is 4.54. The van der Waals surface area contributed by atoms with Crippen LogP contribution in [-0.2, 0) is 9.59 Å². The number of nitrogens with zero attached hydrogens (tertiary/aromatic N) is 1. The first-order chi connectivity index (χ1) is 13.1. The van der Waals surface area contributed by atoms with Crippen molar-refractivity contribution in [3.63, 3.8) is 0 Å². The zero-order chi connectivity index (χ0) is 19.2. The maximum absolute atomic E-state index is 12.2. The minimum atomic E-state index is -0.259. The van der Waals surface area contributed by atoms with E-state index >= 15 is 0 Å². The lowest BCUT2D eigenvalue weighted by Crippen LogP contribution is -2.35. The van der Waals surface area contributed by atoms with E-state index in [1.54, 1.807) is 31.4 Å². The fraction of sp³-hybridized carbons (Fsp3) is 0.333. The molecule has 2 aromatic rings. The second-order valence-electron chi connectivity index (χ2n) is 6.52. The van der Waals surface area contributed by atoms with Crippen LogP contribution in [0.2, 0.25) is 0 Å². The van der Waals surface area contributed by atoms with Crippen LogP contribution in [0.15, 0.2) is 42.5 Å². The van der Waals surface area contributed by atoms with Gasteiger partial charge in [-0.3, -0.25) is 9.59 Å². The lowest BCUT2D eigenvalue weighted by atomic mass is 10.1. The first kappa shape index (κ1) is 18.8. The SMILES string of the molecule is COc1ccc(OCC(=O)Nc2ccc(C)c(N3CCCCC3=O)c2)cc1. The number of methoxy groups -OCH3 is 1. The van der Waals surface area contributed by atoms with Crippen LogP contribution in [0.25, 0.3) is 0 Å². The van der Waals surface area contributed by atoms with E-state index in [-0.39, 0.29) is 18.4 Å². The third-order valence-corrected chi connectivity index (χ3v) is 4.54. The number of nitrogens with one attached hydrogen (secondary N) is 1. The number of aryl methyl sites for hydroxylation is 1. The molecule has 0 bridgehead atoms. The topological polar surface area (TPSA) is 67.9 Å². The van der Waals surface area contributed by atoms with Crippen molar-refractivity contribution < 1.29 is 19.1 Å². The molecule has 0 unspecified atom stereocenters. The summed E-state index contributed by atoms with van der Waals surface area (Å²) >= 11 is 0. The van der Waals surface area contributed by atoms with Crippen molar-refractivity contribution in [3.8, 4) is 11.5 Å².